The maximum Gasteiger partial charge on any atom is 0.280 e. The quantitative estimate of drug-likeness (QED) is 0.481. The van der Waals surface area contributed by atoms with Crippen LogP contribution in [0.2, 0.25) is 0 Å². The van der Waals surface area contributed by atoms with Gasteiger partial charge in [-0.15, -0.1) is 11.3 Å². The molecule has 0 aliphatic heterocycles. The topological polar surface area (TPSA) is 90.9 Å². The van der Waals surface area contributed by atoms with Crippen molar-refractivity contribution in [3.63, 3.8) is 0 Å². The summed E-state index contributed by atoms with van der Waals surface area (Å²) in [4.78, 5) is 24.2. The number of pyridine rings is 1. The van der Waals surface area contributed by atoms with Gasteiger partial charge in [-0.1, -0.05) is 0 Å². The van der Waals surface area contributed by atoms with Crippen molar-refractivity contribution in [2.75, 3.05) is 6.61 Å². The molecule has 6 nitrogen and oxygen atoms in total. The Hall–Kier alpha value is -3.10. The number of halogens is 1. The summed E-state index contributed by atoms with van der Waals surface area (Å²) in [6.07, 6.45) is 1.69. The largest absolute Gasteiger partial charge is 0.394 e. The maximum atomic E-state index is 13.1. The van der Waals surface area contributed by atoms with Crippen LogP contribution in [0.5, 0.6) is 0 Å². The molecule has 4 rings (SSSR count). The van der Waals surface area contributed by atoms with Crippen LogP contribution in [0.3, 0.4) is 0 Å². The van der Waals surface area contributed by atoms with Gasteiger partial charge in [0.1, 0.15) is 11.5 Å². The third-order valence-corrected chi connectivity index (χ3v) is 5.11. The summed E-state index contributed by atoms with van der Waals surface area (Å²) in [5.74, 6) is -0.593. The minimum Gasteiger partial charge on any atom is -0.394 e. The van der Waals surface area contributed by atoms with Gasteiger partial charge in [-0.3, -0.25) is 4.79 Å². The number of aliphatic hydroxyl groups excluding tert-OH is 1. The monoisotopic (exact) mass is 396 g/mol. The molecule has 3 N–H and O–H groups in total. The first kappa shape index (κ1) is 18.3. The van der Waals surface area contributed by atoms with Gasteiger partial charge in [0.15, 0.2) is 5.01 Å². The predicted molar refractivity (Wildman–Crippen MR) is 107 cm³/mol. The molecule has 0 aliphatic rings. The number of aromatic nitrogens is 3. The number of thiazole rings is 1. The first-order valence-electron chi connectivity index (χ1n) is 8.66. The number of amides is 1. The lowest BCUT2D eigenvalue weighted by Crippen LogP contribution is -2.34. The van der Waals surface area contributed by atoms with Gasteiger partial charge < -0.3 is 15.4 Å². The van der Waals surface area contributed by atoms with E-state index in [0.29, 0.717) is 16.3 Å². The molecule has 1 amide bonds. The summed E-state index contributed by atoms with van der Waals surface area (Å²) in [5, 5.41) is 14.8. The maximum absolute atomic E-state index is 13.1. The van der Waals surface area contributed by atoms with Crippen LogP contribution in [-0.4, -0.2) is 38.6 Å². The number of carbonyl (C=O) groups is 1. The highest BCUT2D eigenvalue weighted by Gasteiger charge is 2.15. The first-order valence-corrected chi connectivity index (χ1v) is 9.54. The molecule has 142 valence electrons. The number of H-pyrrole nitrogens is 1. The summed E-state index contributed by atoms with van der Waals surface area (Å²) in [6.45, 7) is 1.59. The Morgan fingerprint density at radius 2 is 2.07 bits per heavy atom. The Bertz CT molecular complexity index is 1140. The van der Waals surface area contributed by atoms with Gasteiger partial charge in [-0.25, -0.2) is 14.4 Å². The van der Waals surface area contributed by atoms with Crippen LogP contribution in [0.1, 0.15) is 16.7 Å². The fourth-order valence-corrected chi connectivity index (χ4v) is 3.51. The third-order valence-electron chi connectivity index (χ3n) is 4.27. The zero-order valence-corrected chi connectivity index (χ0v) is 15.8. The lowest BCUT2D eigenvalue weighted by atomic mass is 10.1. The smallest absolute Gasteiger partial charge is 0.280 e. The molecule has 0 spiro atoms. The molecule has 4 aromatic rings. The number of aliphatic hydroxyl groups is 1. The normalized spacial score (nSPS) is 12.2. The summed E-state index contributed by atoms with van der Waals surface area (Å²) >= 11 is 1.24. The Labute approximate surface area is 164 Å². The molecule has 3 heterocycles. The summed E-state index contributed by atoms with van der Waals surface area (Å²) in [6, 6.07) is 9.81. The summed E-state index contributed by atoms with van der Waals surface area (Å²) in [5.41, 5.74) is 3.88. The van der Waals surface area contributed by atoms with E-state index in [-0.39, 0.29) is 24.4 Å². The van der Waals surface area contributed by atoms with E-state index in [0.717, 1.165) is 22.2 Å². The number of aromatic amines is 1. The number of benzene rings is 1. The van der Waals surface area contributed by atoms with Crippen molar-refractivity contribution in [3.05, 3.63) is 58.8 Å². The fourth-order valence-electron chi connectivity index (χ4n) is 2.78. The number of rotatable bonds is 5. The predicted octanol–water partition coefficient (Wildman–Crippen LogP) is 3.60. The van der Waals surface area contributed by atoms with Crippen molar-refractivity contribution in [2.24, 2.45) is 0 Å². The van der Waals surface area contributed by atoms with Gasteiger partial charge in [-0.05, 0) is 48.9 Å². The van der Waals surface area contributed by atoms with Gasteiger partial charge in [0.2, 0.25) is 0 Å². The molecule has 0 saturated carbocycles. The standard InChI is InChI=1S/C20H17FN4O2S/c1-11(9-26)23-19(27)20-25-17(10-28-20)14-6-13-7-16(24-18(13)22-8-14)12-2-4-15(21)5-3-12/h2-8,10-11,26H,9H2,1H3,(H,22,24)(H,23,27)/t11-/m1/s1. The van der Waals surface area contributed by atoms with Crippen molar-refractivity contribution in [1.82, 2.24) is 20.3 Å². The number of fused-ring (bicyclic) bond motifs is 1. The van der Waals surface area contributed by atoms with Crippen molar-refractivity contribution >= 4 is 28.3 Å². The third kappa shape index (κ3) is 3.64. The van der Waals surface area contributed by atoms with Gasteiger partial charge in [0.25, 0.3) is 5.91 Å². The molecule has 8 heteroatoms. The van der Waals surface area contributed by atoms with E-state index in [1.165, 1.54) is 23.5 Å². The average Bonchev–Trinajstić information content (AvgIpc) is 3.35. The van der Waals surface area contributed by atoms with Crippen LogP contribution >= 0.6 is 11.3 Å². The average molecular weight is 396 g/mol. The molecule has 0 saturated heterocycles. The Morgan fingerprint density at radius 3 is 2.82 bits per heavy atom. The number of carbonyl (C=O) groups excluding carboxylic acids is 1. The van der Waals surface area contributed by atoms with Crippen LogP contribution in [0.15, 0.2) is 48.0 Å². The lowest BCUT2D eigenvalue weighted by molar-refractivity contribution is 0.0922. The van der Waals surface area contributed by atoms with Gasteiger partial charge >= 0.3 is 0 Å². The molecule has 0 radical (unpaired) electrons. The van der Waals surface area contributed by atoms with Crippen molar-refractivity contribution < 1.29 is 14.3 Å². The highest BCUT2D eigenvalue weighted by Crippen LogP contribution is 2.28. The van der Waals surface area contributed by atoms with Crippen molar-refractivity contribution in [3.8, 4) is 22.5 Å². The van der Waals surface area contributed by atoms with E-state index < -0.39 is 0 Å². The second-order valence-electron chi connectivity index (χ2n) is 6.45. The molecule has 1 aromatic carbocycles. The molecule has 0 fully saturated rings. The highest BCUT2D eigenvalue weighted by atomic mass is 32.1. The fraction of sp³-hybridized carbons (Fsp3) is 0.150. The van der Waals surface area contributed by atoms with Crippen LogP contribution < -0.4 is 5.32 Å². The second kappa shape index (κ2) is 7.49. The first-order chi connectivity index (χ1) is 13.5. The molecule has 0 unspecified atom stereocenters. The minimum atomic E-state index is -0.331. The Balaban J connectivity index is 1.61. The minimum absolute atomic E-state index is 0.131. The Morgan fingerprint density at radius 1 is 1.29 bits per heavy atom. The van der Waals surface area contributed by atoms with Gasteiger partial charge in [-0.2, -0.15) is 0 Å². The SMILES string of the molecule is C[C@H](CO)NC(=O)c1nc(-c2cnc3[nH]c(-c4ccc(F)cc4)cc3c2)cs1. The molecule has 0 aliphatic carbocycles. The van der Waals surface area contributed by atoms with Crippen molar-refractivity contribution in [1.29, 1.82) is 0 Å². The zero-order chi connectivity index (χ0) is 19.7. The van der Waals surface area contributed by atoms with E-state index >= 15 is 0 Å². The molecule has 28 heavy (non-hydrogen) atoms. The van der Waals surface area contributed by atoms with E-state index in [1.54, 1.807) is 30.6 Å². The highest BCUT2D eigenvalue weighted by molar-refractivity contribution is 7.12. The van der Waals surface area contributed by atoms with Crippen LogP contribution in [-0.2, 0) is 0 Å². The molecule has 0 bridgehead atoms. The van der Waals surface area contributed by atoms with Crippen LogP contribution in [0.4, 0.5) is 4.39 Å². The molecular weight excluding hydrogens is 379 g/mol. The number of nitrogens with zero attached hydrogens (tertiary/aromatic N) is 2. The number of hydrogen-bond donors (Lipinski definition) is 3. The number of nitrogens with one attached hydrogen (secondary N) is 2. The van der Waals surface area contributed by atoms with E-state index in [4.69, 9.17) is 5.11 Å². The number of hydrogen-bond acceptors (Lipinski definition) is 5. The zero-order valence-electron chi connectivity index (χ0n) is 14.9. The molecule has 1 atom stereocenters. The molecule has 3 aromatic heterocycles. The summed E-state index contributed by atoms with van der Waals surface area (Å²) < 4.78 is 13.1. The second-order valence-corrected chi connectivity index (χ2v) is 7.30. The van der Waals surface area contributed by atoms with Gasteiger partial charge in [0.05, 0.1) is 12.3 Å². The van der Waals surface area contributed by atoms with Crippen LogP contribution in [0, 0.1) is 5.82 Å². The summed E-state index contributed by atoms with van der Waals surface area (Å²) in [7, 11) is 0. The van der Waals surface area contributed by atoms with E-state index in [1.807, 2.05) is 12.1 Å². The van der Waals surface area contributed by atoms with E-state index in [2.05, 4.69) is 20.3 Å². The van der Waals surface area contributed by atoms with Crippen molar-refractivity contribution in [2.45, 2.75) is 13.0 Å². The van der Waals surface area contributed by atoms with E-state index in [9.17, 15) is 9.18 Å². The molecular formula is C20H17FN4O2S. The lowest BCUT2D eigenvalue weighted by Gasteiger charge is -2.08. The Kier molecular flexibility index (Phi) is 4.89. The van der Waals surface area contributed by atoms with Crippen LogP contribution in [0.25, 0.3) is 33.5 Å². The van der Waals surface area contributed by atoms with Gasteiger partial charge in [0, 0.05) is 34.3 Å².